The molecular formula is C15H25O7P. The van der Waals surface area contributed by atoms with E-state index in [1.54, 1.807) is 32.0 Å². The van der Waals surface area contributed by atoms with Crippen molar-refractivity contribution in [2.75, 3.05) is 41.0 Å². The molecule has 0 bridgehead atoms. The zero-order chi connectivity index (χ0) is 17.1. The van der Waals surface area contributed by atoms with Crippen LogP contribution in [-0.2, 0) is 29.2 Å². The van der Waals surface area contributed by atoms with E-state index in [1.807, 2.05) is 0 Å². The number of ether oxygens (including phenoxy) is 4. The Labute approximate surface area is 137 Å². The molecule has 7 nitrogen and oxygen atoms in total. The van der Waals surface area contributed by atoms with Crippen LogP contribution in [0.3, 0.4) is 0 Å². The van der Waals surface area contributed by atoms with Crippen LogP contribution >= 0.6 is 7.60 Å². The first-order valence-electron chi connectivity index (χ1n) is 7.32. The summed E-state index contributed by atoms with van der Waals surface area (Å²) in [5.41, 5.74) is 0.718. The molecule has 0 aliphatic heterocycles. The van der Waals surface area contributed by atoms with E-state index in [4.69, 9.17) is 28.0 Å². The van der Waals surface area contributed by atoms with Crippen LogP contribution in [-0.4, -0.2) is 41.0 Å². The molecule has 0 aliphatic carbocycles. The summed E-state index contributed by atoms with van der Waals surface area (Å²) in [5.74, 6) is 1.07. The molecular weight excluding hydrogens is 323 g/mol. The summed E-state index contributed by atoms with van der Waals surface area (Å²) in [4.78, 5) is 0. The maximum absolute atomic E-state index is 12.7. The topological polar surface area (TPSA) is 72.5 Å². The molecule has 1 aromatic carbocycles. The molecule has 0 N–H and O–H groups in total. The van der Waals surface area contributed by atoms with Crippen molar-refractivity contribution in [1.29, 1.82) is 0 Å². The first kappa shape index (κ1) is 19.9. The number of hydrogen-bond donors (Lipinski definition) is 0. The molecule has 0 radical (unpaired) electrons. The molecule has 0 aromatic heterocycles. The van der Waals surface area contributed by atoms with Gasteiger partial charge in [0.05, 0.1) is 19.4 Å². The summed E-state index contributed by atoms with van der Waals surface area (Å²) in [6, 6.07) is 5.21. The second kappa shape index (κ2) is 10.6. The van der Waals surface area contributed by atoms with Gasteiger partial charge in [0.2, 0.25) is 0 Å². The highest BCUT2D eigenvalue weighted by molar-refractivity contribution is 7.53. The van der Waals surface area contributed by atoms with Crippen molar-refractivity contribution in [3.8, 4) is 11.5 Å². The number of benzene rings is 1. The lowest BCUT2D eigenvalue weighted by Gasteiger charge is -2.18. The minimum absolute atomic E-state index is 0.0990. The van der Waals surface area contributed by atoms with E-state index in [-0.39, 0.29) is 19.7 Å². The fraction of sp³-hybridized carbons (Fsp3) is 0.600. The number of methoxy groups -OCH3 is 2. The second-order valence-electron chi connectivity index (χ2n) is 4.52. The average Bonchev–Trinajstić information content (AvgIpc) is 2.51. The van der Waals surface area contributed by atoms with Gasteiger partial charge in [-0.25, -0.2) is 0 Å². The Hall–Kier alpha value is -1.11. The van der Waals surface area contributed by atoms with E-state index in [2.05, 4.69) is 0 Å². The van der Waals surface area contributed by atoms with Crippen LogP contribution in [0.25, 0.3) is 0 Å². The first-order valence-corrected chi connectivity index (χ1v) is 9.05. The normalized spacial score (nSPS) is 11.5. The Balaban J connectivity index is 2.99. The van der Waals surface area contributed by atoms with Gasteiger partial charge in [-0.3, -0.25) is 4.57 Å². The molecule has 1 aromatic rings. The lowest BCUT2D eigenvalue weighted by Crippen LogP contribution is -2.04. The molecule has 0 atom stereocenters. The van der Waals surface area contributed by atoms with Crippen LogP contribution in [0.4, 0.5) is 0 Å². The third kappa shape index (κ3) is 7.33. The quantitative estimate of drug-likeness (QED) is 0.423. The van der Waals surface area contributed by atoms with Gasteiger partial charge in [0, 0.05) is 20.3 Å². The Kier molecular flexibility index (Phi) is 9.21. The molecule has 0 fully saturated rings. The smallest absolute Gasteiger partial charge is 0.335 e. The van der Waals surface area contributed by atoms with Crippen LogP contribution in [0.2, 0.25) is 0 Å². The maximum Gasteiger partial charge on any atom is 0.335 e. The SMILES string of the molecule is CCOP(=O)(Cc1cc(OCOC)cc(OCOC)c1)OCC. The van der Waals surface area contributed by atoms with Crippen molar-refractivity contribution in [3.05, 3.63) is 23.8 Å². The minimum Gasteiger partial charge on any atom is -0.467 e. The second-order valence-corrected chi connectivity index (χ2v) is 6.57. The Morgan fingerprint density at radius 1 is 0.870 bits per heavy atom. The van der Waals surface area contributed by atoms with Gasteiger partial charge in [-0.15, -0.1) is 0 Å². The molecule has 0 amide bonds. The summed E-state index contributed by atoms with van der Waals surface area (Å²) in [5, 5.41) is 0. The van der Waals surface area contributed by atoms with E-state index in [0.29, 0.717) is 24.7 Å². The van der Waals surface area contributed by atoms with Crippen molar-refractivity contribution >= 4 is 7.60 Å². The van der Waals surface area contributed by atoms with Crippen molar-refractivity contribution in [2.45, 2.75) is 20.0 Å². The molecule has 0 unspecified atom stereocenters. The molecule has 0 spiro atoms. The summed E-state index contributed by atoms with van der Waals surface area (Å²) >= 11 is 0. The Bertz CT molecular complexity index is 470. The molecule has 0 saturated carbocycles. The van der Waals surface area contributed by atoms with Crippen LogP contribution in [0.15, 0.2) is 18.2 Å². The summed E-state index contributed by atoms with van der Waals surface area (Å²) in [6.45, 7) is 4.37. The standard InChI is InChI=1S/C15H25O7P/c1-5-21-23(16,22-6-2)10-13-7-14(19-11-17-3)9-15(8-13)20-12-18-4/h7-9H,5-6,10-12H2,1-4H3. The van der Waals surface area contributed by atoms with Crippen LogP contribution in [0.5, 0.6) is 11.5 Å². The fourth-order valence-corrected chi connectivity index (χ4v) is 3.56. The highest BCUT2D eigenvalue weighted by atomic mass is 31.2. The monoisotopic (exact) mass is 348 g/mol. The average molecular weight is 348 g/mol. The van der Waals surface area contributed by atoms with Gasteiger partial charge in [-0.2, -0.15) is 0 Å². The third-order valence-corrected chi connectivity index (χ3v) is 4.71. The van der Waals surface area contributed by atoms with Crippen molar-refractivity contribution in [2.24, 2.45) is 0 Å². The zero-order valence-electron chi connectivity index (χ0n) is 14.1. The summed E-state index contributed by atoms with van der Waals surface area (Å²) < 4.78 is 44.0. The van der Waals surface area contributed by atoms with Gasteiger partial charge < -0.3 is 28.0 Å². The van der Waals surface area contributed by atoms with E-state index < -0.39 is 7.60 Å². The van der Waals surface area contributed by atoms with Gasteiger partial charge in [0.15, 0.2) is 13.6 Å². The number of hydrogen-bond acceptors (Lipinski definition) is 7. The predicted molar refractivity (Wildman–Crippen MR) is 86.0 cm³/mol. The molecule has 0 saturated heterocycles. The van der Waals surface area contributed by atoms with E-state index in [0.717, 1.165) is 5.56 Å². The molecule has 0 aliphatic rings. The first-order chi connectivity index (χ1) is 11.1. The predicted octanol–water partition coefficient (Wildman–Crippen LogP) is 3.42. The van der Waals surface area contributed by atoms with Crippen molar-refractivity contribution in [3.63, 3.8) is 0 Å². The van der Waals surface area contributed by atoms with Gasteiger partial charge in [-0.1, -0.05) is 0 Å². The summed E-state index contributed by atoms with van der Waals surface area (Å²) in [7, 11) is -0.142. The largest absolute Gasteiger partial charge is 0.467 e. The third-order valence-electron chi connectivity index (χ3n) is 2.65. The van der Waals surface area contributed by atoms with Crippen LogP contribution < -0.4 is 9.47 Å². The summed E-state index contributed by atoms with van der Waals surface area (Å²) in [6.07, 6.45) is 0.127. The Morgan fingerprint density at radius 3 is 1.74 bits per heavy atom. The van der Waals surface area contributed by atoms with E-state index in [1.165, 1.54) is 14.2 Å². The lowest BCUT2D eigenvalue weighted by molar-refractivity contribution is 0.0460. The fourth-order valence-electron chi connectivity index (χ4n) is 1.89. The van der Waals surface area contributed by atoms with Gasteiger partial charge in [0.25, 0.3) is 0 Å². The number of rotatable bonds is 12. The van der Waals surface area contributed by atoms with Crippen molar-refractivity contribution < 1.29 is 32.6 Å². The highest BCUT2D eigenvalue weighted by Gasteiger charge is 2.24. The maximum atomic E-state index is 12.7. The molecule has 23 heavy (non-hydrogen) atoms. The molecule has 0 heterocycles. The van der Waals surface area contributed by atoms with E-state index >= 15 is 0 Å². The Morgan fingerprint density at radius 2 is 1.35 bits per heavy atom. The van der Waals surface area contributed by atoms with Gasteiger partial charge in [-0.05, 0) is 31.5 Å². The zero-order valence-corrected chi connectivity index (χ0v) is 15.0. The van der Waals surface area contributed by atoms with Crippen molar-refractivity contribution in [1.82, 2.24) is 0 Å². The highest BCUT2D eigenvalue weighted by Crippen LogP contribution is 2.51. The molecule has 1 rings (SSSR count). The van der Waals surface area contributed by atoms with Gasteiger partial charge in [0.1, 0.15) is 11.5 Å². The lowest BCUT2D eigenvalue weighted by atomic mass is 10.2. The van der Waals surface area contributed by atoms with E-state index in [9.17, 15) is 4.57 Å². The van der Waals surface area contributed by atoms with Crippen LogP contribution in [0, 0.1) is 0 Å². The van der Waals surface area contributed by atoms with Crippen LogP contribution in [0.1, 0.15) is 19.4 Å². The van der Waals surface area contributed by atoms with Gasteiger partial charge >= 0.3 is 7.60 Å². The minimum atomic E-state index is -3.21. The molecule has 132 valence electrons. The molecule has 8 heteroatoms.